The Morgan fingerprint density at radius 1 is 0.392 bits per heavy atom. The number of hydrogen-bond donors (Lipinski definition) is 0. The zero-order valence-electron chi connectivity index (χ0n) is 29.2. The normalized spacial score (nSPS) is 15.9. The summed E-state index contributed by atoms with van der Waals surface area (Å²) in [5.41, 5.74) is 5.01. The number of hydrogen-bond acceptors (Lipinski definition) is 2. The Kier molecular flexibility index (Phi) is 7.96. The van der Waals surface area contributed by atoms with E-state index in [1.807, 2.05) is 0 Å². The van der Waals surface area contributed by atoms with Crippen molar-refractivity contribution in [3.8, 4) is 0 Å². The van der Waals surface area contributed by atoms with Gasteiger partial charge in [0.05, 0.1) is 0 Å². The molecule has 8 aromatic carbocycles. The molecule has 0 radical (unpaired) electrons. The fraction of sp³-hybridized carbons (Fsp3) is 0.0638. The SMILES string of the molecule is CN1c2cc3ccccc3cc2P(c2ccccc2)c2ccccc2N(C)c2cc3ccccc3cc2[PH](C)(c2ccccc2)c2ccccc21. The molecule has 4 heteroatoms. The molecule has 1 heterocycles. The summed E-state index contributed by atoms with van der Waals surface area (Å²) in [6.45, 7) is 2.56. The average Bonchev–Trinajstić information content (AvgIpc) is 3.20. The summed E-state index contributed by atoms with van der Waals surface area (Å²) in [5.74, 6) is 0. The molecule has 1 aliphatic rings. The van der Waals surface area contributed by atoms with Crippen molar-refractivity contribution in [1.82, 2.24) is 0 Å². The number of nitrogens with zero attached hydrogens (tertiary/aromatic N) is 2. The molecule has 1 unspecified atom stereocenters. The van der Waals surface area contributed by atoms with E-state index in [1.165, 1.54) is 76.1 Å². The van der Waals surface area contributed by atoms with E-state index in [0.717, 1.165) is 0 Å². The first-order valence-electron chi connectivity index (χ1n) is 17.6. The van der Waals surface area contributed by atoms with Crippen LogP contribution in [0.4, 0.5) is 22.7 Å². The molecule has 8 aromatic rings. The van der Waals surface area contributed by atoms with Crippen LogP contribution in [0.15, 0.2) is 182 Å². The summed E-state index contributed by atoms with van der Waals surface area (Å²) in [5, 5.41) is 13.3. The van der Waals surface area contributed by atoms with Gasteiger partial charge in [0.15, 0.2) is 0 Å². The van der Waals surface area contributed by atoms with Crippen molar-refractivity contribution in [2.24, 2.45) is 0 Å². The van der Waals surface area contributed by atoms with Gasteiger partial charge in [-0.25, -0.2) is 0 Å². The van der Waals surface area contributed by atoms with Crippen molar-refractivity contribution < 1.29 is 0 Å². The summed E-state index contributed by atoms with van der Waals surface area (Å²) >= 11 is 0. The average molecular weight is 695 g/mol. The molecule has 1 aliphatic heterocycles. The molecule has 248 valence electrons. The summed E-state index contributed by atoms with van der Waals surface area (Å²) in [7, 11) is 0.918. The van der Waals surface area contributed by atoms with Crippen LogP contribution in [0.25, 0.3) is 21.5 Å². The first kappa shape index (κ1) is 31.7. The minimum absolute atomic E-state index is 0.971. The van der Waals surface area contributed by atoms with E-state index in [0.29, 0.717) is 0 Å². The first-order chi connectivity index (χ1) is 25.0. The summed E-state index contributed by atoms with van der Waals surface area (Å²) in [6.07, 6.45) is 0. The summed E-state index contributed by atoms with van der Waals surface area (Å²) in [4.78, 5) is 5.00. The van der Waals surface area contributed by atoms with Gasteiger partial charge in [-0.3, -0.25) is 0 Å². The van der Waals surface area contributed by atoms with Crippen LogP contribution in [-0.4, -0.2) is 20.8 Å². The molecule has 0 amide bonds. The molecule has 0 bridgehead atoms. The second-order valence-corrected chi connectivity index (χ2v) is 19.7. The fourth-order valence-electron chi connectivity index (χ4n) is 8.17. The van der Waals surface area contributed by atoms with E-state index in [9.17, 15) is 0 Å². The molecule has 1 atom stereocenters. The molecule has 0 aromatic heterocycles. The predicted octanol–water partition coefficient (Wildman–Crippen LogP) is 9.26. The molecule has 51 heavy (non-hydrogen) atoms. The molecule has 0 saturated heterocycles. The molecule has 0 N–H and O–H groups in total. The molecule has 0 spiro atoms. The van der Waals surface area contributed by atoms with Crippen LogP contribution >= 0.6 is 15.2 Å². The Labute approximate surface area is 302 Å². The van der Waals surface area contributed by atoms with Gasteiger partial charge in [-0.1, -0.05) is 0 Å². The van der Waals surface area contributed by atoms with Gasteiger partial charge in [-0.05, 0) is 0 Å². The quantitative estimate of drug-likeness (QED) is 0.167. The van der Waals surface area contributed by atoms with E-state index in [-0.39, 0.29) is 0 Å². The Morgan fingerprint density at radius 3 is 1.57 bits per heavy atom. The van der Waals surface area contributed by atoms with E-state index in [1.54, 1.807) is 0 Å². The van der Waals surface area contributed by atoms with Crippen molar-refractivity contribution in [2.75, 3.05) is 30.6 Å². The zero-order valence-corrected chi connectivity index (χ0v) is 31.1. The fourth-order valence-corrected chi connectivity index (χ4v) is 15.0. The molecule has 0 aliphatic carbocycles. The van der Waals surface area contributed by atoms with Gasteiger partial charge in [0, 0.05) is 0 Å². The Hall–Kier alpha value is -5.26. The molecule has 0 fully saturated rings. The van der Waals surface area contributed by atoms with Crippen molar-refractivity contribution in [2.45, 2.75) is 0 Å². The van der Waals surface area contributed by atoms with Gasteiger partial charge in [0.25, 0.3) is 0 Å². The van der Waals surface area contributed by atoms with E-state index >= 15 is 0 Å². The summed E-state index contributed by atoms with van der Waals surface area (Å²) < 4.78 is 0. The number of benzene rings is 8. The van der Waals surface area contributed by atoms with Gasteiger partial charge in [-0.15, -0.1) is 0 Å². The van der Waals surface area contributed by atoms with Gasteiger partial charge < -0.3 is 0 Å². The van der Waals surface area contributed by atoms with Crippen LogP contribution in [0, 0.1) is 0 Å². The maximum atomic E-state index is 2.56. The summed E-state index contributed by atoms with van der Waals surface area (Å²) in [6, 6.07) is 68.3. The standard InChI is InChI=1S/C47H40N2P2/c1-48-40-26-14-16-28-44(40)50(38-22-6-4-7-23-38)45-32-36-20-12-10-18-34(36)30-42(45)49(2)41-27-15-17-29-46(41)51(3,39-24-8-5-9-25-39)47-33-37-21-13-11-19-35(37)31-43(47)48/h4-33,51H,1-3H3. The predicted molar refractivity (Wildman–Crippen MR) is 229 cm³/mol. The number of anilines is 4. The molecule has 9 rings (SSSR count). The number of para-hydroxylation sites is 2. The van der Waals surface area contributed by atoms with E-state index < -0.39 is 15.2 Å². The van der Waals surface area contributed by atoms with Crippen LogP contribution in [0.5, 0.6) is 0 Å². The van der Waals surface area contributed by atoms with Crippen LogP contribution in [0.3, 0.4) is 0 Å². The topological polar surface area (TPSA) is 6.48 Å². The second-order valence-electron chi connectivity index (χ2n) is 13.7. The van der Waals surface area contributed by atoms with Crippen LogP contribution in [0.2, 0.25) is 0 Å². The van der Waals surface area contributed by atoms with Crippen LogP contribution in [-0.2, 0) is 0 Å². The third-order valence-electron chi connectivity index (χ3n) is 10.9. The second kappa shape index (κ2) is 12.8. The Bertz CT molecular complexity index is 2550. The van der Waals surface area contributed by atoms with Crippen molar-refractivity contribution in [3.63, 3.8) is 0 Å². The number of rotatable bonds is 2. The zero-order chi connectivity index (χ0) is 34.5. The maximum absolute atomic E-state index is 2.69. The van der Waals surface area contributed by atoms with Gasteiger partial charge in [0.2, 0.25) is 0 Å². The number of fused-ring (bicyclic) bond motifs is 6. The van der Waals surface area contributed by atoms with Crippen molar-refractivity contribution >= 4 is 91.3 Å². The van der Waals surface area contributed by atoms with Crippen molar-refractivity contribution in [3.05, 3.63) is 182 Å². The monoisotopic (exact) mass is 694 g/mol. The molecular formula is C47H40N2P2. The van der Waals surface area contributed by atoms with Crippen molar-refractivity contribution in [1.29, 1.82) is 0 Å². The third-order valence-corrected chi connectivity index (χ3v) is 17.8. The molecular weight excluding hydrogens is 654 g/mol. The van der Waals surface area contributed by atoms with Crippen LogP contribution < -0.4 is 41.6 Å². The molecule has 2 nitrogen and oxygen atoms in total. The minimum atomic E-state index is -2.69. The third kappa shape index (κ3) is 5.25. The van der Waals surface area contributed by atoms with Gasteiger partial charge in [0.1, 0.15) is 0 Å². The van der Waals surface area contributed by atoms with Crippen LogP contribution in [0.1, 0.15) is 0 Å². The van der Waals surface area contributed by atoms with E-state index in [2.05, 4.69) is 213 Å². The molecule has 0 saturated carbocycles. The Morgan fingerprint density at radius 2 is 0.882 bits per heavy atom. The Balaban J connectivity index is 1.47. The van der Waals surface area contributed by atoms with Gasteiger partial charge >= 0.3 is 304 Å². The van der Waals surface area contributed by atoms with E-state index in [4.69, 9.17) is 0 Å². The first-order valence-corrected chi connectivity index (χ1v) is 21.5. The van der Waals surface area contributed by atoms with Gasteiger partial charge in [-0.2, -0.15) is 0 Å².